The second kappa shape index (κ2) is 69.7. The molecule has 556 valence electrons. The van der Waals surface area contributed by atoms with Crippen LogP contribution in [0.4, 0.5) is 0 Å². The Hall–Kier alpha value is -3.76. The largest absolute Gasteiger partial charge is 0.472 e. The number of phosphoric acid groups is 2. The van der Waals surface area contributed by atoms with Crippen LogP contribution in [0.5, 0.6) is 0 Å². The minimum atomic E-state index is -4.97. The summed E-state index contributed by atoms with van der Waals surface area (Å²) in [4.78, 5) is 72.7. The number of aliphatic hydroxyl groups excluding tert-OH is 1. The monoisotopic (exact) mass is 1390 g/mol. The van der Waals surface area contributed by atoms with Crippen LogP contribution in [0.3, 0.4) is 0 Å². The number of aliphatic hydroxyl groups is 1. The first-order valence-electron chi connectivity index (χ1n) is 37.8. The van der Waals surface area contributed by atoms with Gasteiger partial charge in [0.05, 0.1) is 26.4 Å². The number of rotatable bonds is 71. The topological polar surface area (TPSA) is 237 Å². The van der Waals surface area contributed by atoms with Crippen LogP contribution in [-0.2, 0) is 65.4 Å². The molecule has 96 heavy (non-hydrogen) atoms. The van der Waals surface area contributed by atoms with Crippen LogP contribution in [0.2, 0.25) is 0 Å². The number of carbonyl (C=O) groups excluding carboxylic acids is 4. The van der Waals surface area contributed by atoms with Crippen LogP contribution in [0.15, 0.2) is 85.1 Å². The van der Waals surface area contributed by atoms with Crippen molar-refractivity contribution >= 4 is 39.5 Å². The molecule has 0 aromatic heterocycles. The van der Waals surface area contributed by atoms with Gasteiger partial charge in [-0.2, -0.15) is 0 Å². The Morgan fingerprint density at radius 3 is 0.885 bits per heavy atom. The molecule has 0 aliphatic carbocycles. The number of ether oxygens (including phenoxy) is 4. The summed E-state index contributed by atoms with van der Waals surface area (Å²) in [6.07, 6.45) is 70.1. The van der Waals surface area contributed by atoms with Gasteiger partial charge in [0.25, 0.3) is 0 Å². The van der Waals surface area contributed by atoms with Gasteiger partial charge < -0.3 is 33.8 Å². The highest BCUT2D eigenvalue weighted by Crippen LogP contribution is 2.45. The summed E-state index contributed by atoms with van der Waals surface area (Å²) in [6.45, 7) is 4.66. The van der Waals surface area contributed by atoms with E-state index in [-0.39, 0.29) is 25.7 Å². The van der Waals surface area contributed by atoms with E-state index in [1.54, 1.807) is 0 Å². The first kappa shape index (κ1) is 92.2. The fourth-order valence-corrected chi connectivity index (χ4v) is 11.7. The first-order valence-corrected chi connectivity index (χ1v) is 40.8. The van der Waals surface area contributed by atoms with Gasteiger partial charge in [-0.1, -0.05) is 286 Å². The summed E-state index contributed by atoms with van der Waals surface area (Å²) < 4.78 is 68.4. The molecule has 0 aliphatic rings. The Balaban J connectivity index is 5.32. The molecule has 0 spiro atoms. The predicted molar refractivity (Wildman–Crippen MR) is 390 cm³/mol. The molecule has 0 saturated carbocycles. The zero-order valence-electron chi connectivity index (χ0n) is 60.5. The lowest BCUT2D eigenvalue weighted by Crippen LogP contribution is -2.30. The lowest BCUT2D eigenvalue weighted by Gasteiger charge is -2.21. The molecular formula is C77H136O17P2. The molecular weight excluding hydrogens is 1260 g/mol. The molecule has 0 rings (SSSR count). The van der Waals surface area contributed by atoms with Crippen LogP contribution in [0.25, 0.3) is 0 Å². The Bertz CT molecular complexity index is 2160. The third-order valence-corrected chi connectivity index (χ3v) is 17.8. The van der Waals surface area contributed by atoms with Crippen molar-refractivity contribution in [3.63, 3.8) is 0 Å². The maximum atomic E-state index is 13.1. The molecule has 19 heteroatoms. The smallest absolute Gasteiger partial charge is 0.462 e. The highest BCUT2D eigenvalue weighted by atomic mass is 31.2. The number of carbonyl (C=O) groups is 4. The summed E-state index contributed by atoms with van der Waals surface area (Å²) in [5.74, 6) is -2.21. The van der Waals surface area contributed by atoms with Gasteiger partial charge in [0, 0.05) is 25.7 Å². The van der Waals surface area contributed by atoms with Gasteiger partial charge in [0.15, 0.2) is 12.2 Å². The molecule has 3 N–H and O–H groups in total. The molecule has 0 aromatic rings. The zero-order chi connectivity index (χ0) is 70.4. The average molecular weight is 1400 g/mol. The average Bonchev–Trinajstić information content (AvgIpc) is 1.17. The Morgan fingerprint density at radius 2 is 0.562 bits per heavy atom. The SMILES string of the molecule is CC/C=C\C/C=C\C/C=C\C/C=C\C/C=C\CCCCCC(=O)OCC(COP(=O)(O)OCC(O)COP(=O)(O)OCC(COC(=O)CCCCCCC/C=C\C/C=C\CCC)OC(=O)CCCCCCCCCCCCC)OC(=O)CCCCCCCCCCCCCCC. The second-order valence-corrected chi connectivity index (χ2v) is 28.1. The summed E-state index contributed by atoms with van der Waals surface area (Å²) >= 11 is 0. The lowest BCUT2D eigenvalue weighted by atomic mass is 10.0. The normalized spacial score (nSPS) is 14.4. The number of unbranched alkanes of at least 4 members (excludes halogenated alkanes) is 31. The van der Waals surface area contributed by atoms with Crippen molar-refractivity contribution in [1.82, 2.24) is 0 Å². The van der Waals surface area contributed by atoms with Crippen molar-refractivity contribution in [2.75, 3.05) is 39.6 Å². The summed E-state index contributed by atoms with van der Waals surface area (Å²) in [5.41, 5.74) is 0. The molecule has 0 aliphatic heterocycles. The van der Waals surface area contributed by atoms with Crippen LogP contribution in [0, 0.1) is 0 Å². The molecule has 0 heterocycles. The van der Waals surface area contributed by atoms with Crippen molar-refractivity contribution in [3.8, 4) is 0 Å². The molecule has 5 unspecified atom stereocenters. The van der Waals surface area contributed by atoms with Crippen LogP contribution < -0.4 is 0 Å². The number of hydrogen-bond donors (Lipinski definition) is 3. The van der Waals surface area contributed by atoms with E-state index in [0.29, 0.717) is 25.7 Å². The minimum Gasteiger partial charge on any atom is -0.462 e. The number of phosphoric ester groups is 2. The van der Waals surface area contributed by atoms with E-state index in [1.165, 1.54) is 89.9 Å². The van der Waals surface area contributed by atoms with E-state index >= 15 is 0 Å². The summed E-state index contributed by atoms with van der Waals surface area (Å²) in [5, 5.41) is 10.6. The van der Waals surface area contributed by atoms with E-state index in [4.69, 9.17) is 37.0 Å². The van der Waals surface area contributed by atoms with Gasteiger partial charge in [0.1, 0.15) is 19.3 Å². The van der Waals surface area contributed by atoms with Gasteiger partial charge in [-0.05, 0) is 96.3 Å². The van der Waals surface area contributed by atoms with Gasteiger partial charge in [0.2, 0.25) is 0 Å². The van der Waals surface area contributed by atoms with Crippen LogP contribution >= 0.6 is 15.6 Å². The van der Waals surface area contributed by atoms with E-state index in [0.717, 1.165) is 154 Å². The maximum Gasteiger partial charge on any atom is 0.472 e. The molecule has 17 nitrogen and oxygen atoms in total. The van der Waals surface area contributed by atoms with E-state index in [1.807, 2.05) is 0 Å². The highest BCUT2D eigenvalue weighted by molar-refractivity contribution is 7.47. The Kier molecular flexibility index (Phi) is 67.0. The standard InChI is InChI=1S/C77H136O17P2/c1-5-9-13-17-21-25-29-32-33-34-35-36-37-40-43-46-50-54-58-62-75(80)88-68-73(94-77(82)64-60-56-52-48-44-39-31-27-23-19-15-11-7-3)70-92-96(85,86)90-66-71(78)65-89-95(83,84)91-69-72(93-76(81)63-59-55-51-47-41-28-24-20-16-12-8-4)67-87-74(79)61-57-53-49-45-42-38-30-26-22-18-14-10-6-2/h9,13-14,18,21,25-26,30,32-33,35-36,40,43,71-73,78H,5-8,10-12,15-17,19-20,22-24,27-29,31,34,37-39,41-42,44-70H2,1-4H3,(H,83,84)(H,85,86)/b13-9-,18-14-,25-21-,30-26-,33-32-,36-35-,43-40-. The highest BCUT2D eigenvalue weighted by Gasteiger charge is 2.30. The molecule has 0 amide bonds. The minimum absolute atomic E-state index is 0.0911. The van der Waals surface area contributed by atoms with Gasteiger partial charge in [-0.15, -0.1) is 0 Å². The summed E-state index contributed by atoms with van der Waals surface area (Å²) in [7, 11) is -9.94. The second-order valence-electron chi connectivity index (χ2n) is 25.2. The molecule has 0 bridgehead atoms. The van der Waals surface area contributed by atoms with E-state index in [2.05, 4.69) is 113 Å². The van der Waals surface area contributed by atoms with Gasteiger partial charge in [-0.25, -0.2) is 9.13 Å². The van der Waals surface area contributed by atoms with Gasteiger partial charge in [-0.3, -0.25) is 37.3 Å². The van der Waals surface area contributed by atoms with E-state index < -0.39 is 97.5 Å². The van der Waals surface area contributed by atoms with Crippen molar-refractivity contribution < 1.29 is 80.2 Å². The third kappa shape index (κ3) is 68.8. The quantitative estimate of drug-likeness (QED) is 0.0169. The number of allylic oxidation sites excluding steroid dienone is 14. The predicted octanol–water partition coefficient (Wildman–Crippen LogP) is 21.4. The zero-order valence-corrected chi connectivity index (χ0v) is 62.3. The number of esters is 4. The molecule has 0 radical (unpaired) electrons. The maximum absolute atomic E-state index is 13.1. The summed E-state index contributed by atoms with van der Waals surface area (Å²) in [6, 6.07) is 0. The fraction of sp³-hybridized carbons (Fsp3) is 0.766. The van der Waals surface area contributed by atoms with Crippen molar-refractivity contribution in [2.24, 2.45) is 0 Å². The molecule has 0 aromatic carbocycles. The lowest BCUT2D eigenvalue weighted by molar-refractivity contribution is -0.161. The van der Waals surface area contributed by atoms with Crippen molar-refractivity contribution in [1.29, 1.82) is 0 Å². The van der Waals surface area contributed by atoms with Crippen LogP contribution in [0.1, 0.15) is 323 Å². The molecule has 0 fully saturated rings. The molecule has 5 atom stereocenters. The first-order chi connectivity index (χ1) is 46.7. The van der Waals surface area contributed by atoms with Crippen molar-refractivity contribution in [2.45, 2.75) is 341 Å². The van der Waals surface area contributed by atoms with Crippen LogP contribution in [-0.4, -0.2) is 96.7 Å². The Morgan fingerprint density at radius 1 is 0.302 bits per heavy atom. The van der Waals surface area contributed by atoms with Crippen molar-refractivity contribution in [3.05, 3.63) is 85.1 Å². The van der Waals surface area contributed by atoms with E-state index in [9.17, 15) is 43.2 Å². The van der Waals surface area contributed by atoms with Gasteiger partial charge >= 0.3 is 39.5 Å². The number of hydrogen-bond acceptors (Lipinski definition) is 15. The fourth-order valence-electron chi connectivity index (χ4n) is 10.1. The third-order valence-electron chi connectivity index (χ3n) is 15.9. The Labute approximate surface area is 583 Å². The molecule has 0 saturated heterocycles.